The number of rotatable bonds is 4. The molecule has 0 N–H and O–H groups in total. The van der Waals surface area contributed by atoms with Gasteiger partial charge < -0.3 is 18.6 Å². The van der Waals surface area contributed by atoms with Gasteiger partial charge in [0.05, 0.1) is 25.2 Å². The molecule has 2 heterocycles. The normalized spacial score (nSPS) is 37.1. The molecule has 0 unspecified atom stereocenters. The number of ether oxygens (including phenoxy) is 3. The predicted octanol–water partition coefficient (Wildman–Crippen LogP) is 3.75. The Morgan fingerprint density at radius 1 is 1.15 bits per heavy atom. The van der Waals surface area contributed by atoms with Crippen molar-refractivity contribution in [1.29, 1.82) is 0 Å². The predicted molar refractivity (Wildman–Crippen MR) is 102 cm³/mol. The fourth-order valence-electron chi connectivity index (χ4n) is 4.19. The molecule has 3 aliphatic rings. The van der Waals surface area contributed by atoms with Crippen molar-refractivity contribution < 1.29 is 23.4 Å². The van der Waals surface area contributed by atoms with Crippen LogP contribution in [0.1, 0.15) is 34.1 Å². The molecule has 0 aromatic heterocycles. The highest BCUT2D eigenvalue weighted by Crippen LogP contribution is 2.45. The molecule has 2 fully saturated rings. The smallest absolute Gasteiger partial charge is 0.310 e. The van der Waals surface area contributed by atoms with Crippen molar-refractivity contribution in [3.63, 3.8) is 0 Å². The highest BCUT2D eigenvalue weighted by Gasteiger charge is 2.52. The molecule has 2 saturated heterocycles. The number of fused-ring (bicyclic) bond motifs is 1. The van der Waals surface area contributed by atoms with Crippen LogP contribution in [-0.4, -0.2) is 45.5 Å². The first-order chi connectivity index (χ1) is 11.9. The summed E-state index contributed by atoms with van der Waals surface area (Å²) in [5.41, 5.74) is 0.0292. The second-order valence-corrected chi connectivity index (χ2v) is 14.5. The van der Waals surface area contributed by atoms with Gasteiger partial charge in [0, 0.05) is 17.3 Å². The first-order valence-electron chi connectivity index (χ1n) is 9.75. The van der Waals surface area contributed by atoms with E-state index in [1.807, 2.05) is 13.8 Å². The molecular formula is C20H34O5Si. The molecule has 6 heteroatoms. The van der Waals surface area contributed by atoms with Crippen LogP contribution in [0.15, 0.2) is 12.2 Å². The highest BCUT2D eigenvalue weighted by atomic mass is 28.4. The first-order valence-corrected chi connectivity index (χ1v) is 13.2. The van der Waals surface area contributed by atoms with Crippen LogP contribution in [0.5, 0.6) is 0 Å². The maximum atomic E-state index is 12.5. The van der Waals surface area contributed by atoms with E-state index < -0.39 is 14.1 Å². The van der Waals surface area contributed by atoms with Gasteiger partial charge in [0.1, 0.15) is 6.10 Å². The lowest BCUT2D eigenvalue weighted by atomic mass is 9.74. The quantitative estimate of drug-likeness (QED) is 0.421. The third-order valence-corrected chi connectivity index (χ3v) is 6.73. The van der Waals surface area contributed by atoms with E-state index in [9.17, 15) is 4.79 Å². The Morgan fingerprint density at radius 2 is 1.77 bits per heavy atom. The van der Waals surface area contributed by atoms with E-state index in [1.54, 1.807) is 0 Å². The molecule has 1 aliphatic carbocycles. The van der Waals surface area contributed by atoms with Gasteiger partial charge in [-0.15, -0.1) is 0 Å². The Kier molecular flexibility index (Phi) is 5.19. The van der Waals surface area contributed by atoms with Crippen LogP contribution in [0, 0.1) is 23.2 Å². The third-order valence-electron chi connectivity index (χ3n) is 5.65. The average molecular weight is 383 g/mol. The van der Waals surface area contributed by atoms with E-state index >= 15 is 0 Å². The number of carbonyl (C=O) groups is 1. The summed E-state index contributed by atoms with van der Waals surface area (Å²) >= 11 is 0. The number of hydrogen-bond donors (Lipinski definition) is 0. The molecule has 0 bridgehead atoms. The Bertz CT molecular complexity index is 569. The monoisotopic (exact) mass is 382 g/mol. The van der Waals surface area contributed by atoms with Crippen LogP contribution >= 0.6 is 0 Å². The fraction of sp³-hybridized carbons (Fsp3) is 0.850. The minimum absolute atomic E-state index is 0.0292. The number of cyclic esters (lactones) is 1. The van der Waals surface area contributed by atoms with Gasteiger partial charge >= 0.3 is 5.97 Å². The van der Waals surface area contributed by atoms with Crippen molar-refractivity contribution in [2.24, 2.45) is 23.2 Å². The first kappa shape index (κ1) is 20.1. The Balaban J connectivity index is 1.72. The van der Waals surface area contributed by atoms with Gasteiger partial charge in [0.15, 0.2) is 14.1 Å². The molecule has 26 heavy (non-hydrogen) atoms. The minimum atomic E-state index is -1.69. The summed E-state index contributed by atoms with van der Waals surface area (Å²) in [7, 11) is -1.69. The molecular weight excluding hydrogens is 348 g/mol. The topological polar surface area (TPSA) is 54.0 Å². The summed E-state index contributed by atoms with van der Waals surface area (Å²) in [4.78, 5) is 12.5. The summed E-state index contributed by atoms with van der Waals surface area (Å²) < 4.78 is 24.1. The average Bonchev–Trinajstić information content (AvgIpc) is 2.86. The van der Waals surface area contributed by atoms with Crippen molar-refractivity contribution in [3.05, 3.63) is 12.2 Å². The summed E-state index contributed by atoms with van der Waals surface area (Å²) in [5, 5.41) is 0. The lowest BCUT2D eigenvalue weighted by molar-refractivity contribution is -0.308. The van der Waals surface area contributed by atoms with Gasteiger partial charge in [-0.25, -0.2) is 0 Å². The Hall–Kier alpha value is -0.693. The largest absolute Gasteiger partial charge is 0.459 e. The Labute approximate surface area is 158 Å². The molecule has 0 saturated carbocycles. The molecule has 5 nitrogen and oxygen atoms in total. The van der Waals surface area contributed by atoms with Gasteiger partial charge in [-0.05, 0) is 39.9 Å². The van der Waals surface area contributed by atoms with E-state index in [0.717, 1.165) is 0 Å². The second-order valence-electron chi connectivity index (χ2n) is 10.0. The van der Waals surface area contributed by atoms with E-state index in [2.05, 4.69) is 45.6 Å². The van der Waals surface area contributed by atoms with Crippen LogP contribution in [0.2, 0.25) is 19.6 Å². The molecule has 0 radical (unpaired) electrons. The van der Waals surface area contributed by atoms with E-state index in [-0.39, 0.29) is 41.3 Å². The second kappa shape index (κ2) is 6.73. The van der Waals surface area contributed by atoms with Crippen molar-refractivity contribution in [1.82, 2.24) is 0 Å². The zero-order valence-corrected chi connectivity index (χ0v) is 18.2. The SMILES string of the molecule is C[C@H](O[Si](C)(C)C)[C@@H]1OC(=O)[C@H]2C[C@@H](C3(C)OCC(C)(C)CO3)C=C[C@@H]12. The lowest BCUT2D eigenvalue weighted by Gasteiger charge is -2.46. The van der Waals surface area contributed by atoms with Gasteiger partial charge in [-0.2, -0.15) is 0 Å². The van der Waals surface area contributed by atoms with Crippen molar-refractivity contribution in [2.75, 3.05) is 13.2 Å². The number of carbonyl (C=O) groups excluding carboxylic acids is 1. The highest BCUT2D eigenvalue weighted by molar-refractivity contribution is 6.69. The standard InChI is InChI=1S/C20H34O5Si/c1-13(25-26(5,6)7)17-15-9-8-14(10-16(15)18(21)24-17)20(4)22-11-19(2,3)12-23-20/h8-9,13-17H,10-12H2,1-7H3/t13-,14-,15+,16-,17-/m0/s1. The molecule has 2 aliphatic heterocycles. The summed E-state index contributed by atoms with van der Waals surface area (Å²) in [6, 6.07) is 0. The van der Waals surface area contributed by atoms with Gasteiger partial charge in [0.2, 0.25) is 0 Å². The van der Waals surface area contributed by atoms with Gasteiger partial charge in [0.25, 0.3) is 0 Å². The van der Waals surface area contributed by atoms with Crippen molar-refractivity contribution in [3.8, 4) is 0 Å². The zero-order valence-electron chi connectivity index (χ0n) is 17.2. The van der Waals surface area contributed by atoms with Crippen LogP contribution in [-0.2, 0) is 23.4 Å². The molecule has 5 atom stereocenters. The summed E-state index contributed by atoms with van der Waals surface area (Å²) in [5.74, 6) is -0.787. The number of esters is 1. The maximum absolute atomic E-state index is 12.5. The molecule has 0 spiro atoms. The summed E-state index contributed by atoms with van der Waals surface area (Å²) in [6.45, 7) is 16.1. The molecule has 148 valence electrons. The molecule has 3 rings (SSSR count). The maximum Gasteiger partial charge on any atom is 0.310 e. The van der Waals surface area contributed by atoms with Gasteiger partial charge in [-0.1, -0.05) is 26.0 Å². The van der Waals surface area contributed by atoms with Crippen molar-refractivity contribution >= 4 is 14.3 Å². The lowest BCUT2D eigenvalue weighted by Crippen LogP contribution is -2.51. The van der Waals surface area contributed by atoms with Crippen LogP contribution < -0.4 is 0 Å². The van der Waals surface area contributed by atoms with E-state index in [4.69, 9.17) is 18.6 Å². The Morgan fingerprint density at radius 3 is 2.35 bits per heavy atom. The molecule has 0 aromatic rings. The fourth-order valence-corrected chi connectivity index (χ4v) is 5.44. The number of hydrogen-bond acceptors (Lipinski definition) is 5. The molecule has 0 aromatic carbocycles. The zero-order chi connectivity index (χ0) is 19.3. The summed E-state index contributed by atoms with van der Waals surface area (Å²) in [6.07, 6.45) is 4.72. The van der Waals surface area contributed by atoms with E-state index in [0.29, 0.717) is 19.6 Å². The van der Waals surface area contributed by atoms with Gasteiger partial charge in [-0.3, -0.25) is 4.79 Å². The molecule has 0 amide bonds. The van der Waals surface area contributed by atoms with E-state index in [1.165, 1.54) is 0 Å². The third kappa shape index (κ3) is 4.08. The van der Waals surface area contributed by atoms with Crippen LogP contribution in [0.4, 0.5) is 0 Å². The van der Waals surface area contributed by atoms with Crippen molar-refractivity contribution in [2.45, 2.75) is 71.8 Å². The van der Waals surface area contributed by atoms with Crippen LogP contribution in [0.3, 0.4) is 0 Å². The van der Waals surface area contributed by atoms with Crippen LogP contribution in [0.25, 0.3) is 0 Å². The minimum Gasteiger partial charge on any atom is -0.459 e.